The average Bonchev–Trinajstić information content (AvgIpc) is 2.32. The second-order valence-electron chi connectivity index (χ2n) is 4.97. The van der Waals surface area contributed by atoms with Gasteiger partial charge in [-0.3, -0.25) is 0 Å². The first-order chi connectivity index (χ1) is 8.43. The van der Waals surface area contributed by atoms with E-state index in [0.717, 1.165) is 12.8 Å². The molecule has 0 aromatic heterocycles. The van der Waals surface area contributed by atoms with E-state index in [9.17, 15) is 8.42 Å². The van der Waals surface area contributed by atoms with E-state index in [-0.39, 0.29) is 0 Å². The van der Waals surface area contributed by atoms with Crippen molar-refractivity contribution in [2.75, 3.05) is 13.1 Å². The lowest BCUT2D eigenvalue weighted by Crippen LogP contribution is -2.39. The topological polar surface area (TPSA) is 37.4 Å². The van der Waals surface area contributed by atoms with Crippen LogP contribution in [0.5, 0.6) is 0 Å². The summed E-state index contributed by atoms with van der Waals surface area (Å²) in [6.45, 7) is 5.06. The van der Waals surface area contributed by atoms with Crippen LogP contribution in [0.15, 0.2) is 23.1 Å². The molecule has 0 unspecified atom stereocenters. The van der Waals surface area contributed by atoms with Crippen LogP contribution in [0, 0.1) is 12.8 Å². The molecule has 0 N–H and O–H groups in total. The summed E-state index contributed by atoms with van der Waals surface area (Å²) < 4.78 is 26.7. The third-order valence-corrected chi connectivity index (χ3v) is 5.87. The monoisotopic (exact) mass is 287 g/mol. The van der Waals surface area contributed by atoms with Gasteiger partial charge >= 0.3 is 0 Å². The van der Waals surface area contributed by atoms with E-state index >= 15 is 0 Å². The summed E-state index contributed by atoms with van der Waals surface area (Å²) in [5.41, 5.74) is 0.636. The number of nitrogens with zero attached hydrogens (tertiary/aromatic N) is 1. The largest absolute Gasteiger partial charge is 0.243 e. The summed E-state index contributed by atoms with van der Waals surface area (Å²) in [6.07, 6.45) is 2.03. The first kappa shape index (κ1) is 13.8. The molecule has 5 heteroatoms. The van der Waals surface area contributed by atoms with Gasteiger partial charge < -0.3 is 0 Å². The van der Waals surface area contributed by atoms with Crippen molar-refractivity contribution in [3.05, 3.63) is 28.8 Å². The molecule has 0 aliphatic carbocycles. The Morgan fingerprint density at radius 2 is 2.11 bits per heavy atom. The highest BCUT2D eigenvalue weighted by atomic mass is 35.5. The van der Waals surface area contributed by atoms with Crippen molar-refractivity contribution in [2.45, 2.75) is 31.6 Å². The second-order valence-corrected chi connectivity index (χ2v) is 7.29. The molecule has 1 saturated heterocycles. The standard InChI is InChI=1S/C13H18ClNO2S/c1-10-5-4-8-15(9-10)18(16,17)13-7-3-6-12(14)11(13)2/h3,6-7,10H,4-5,8-9H2,1-2H3/t10-/m0/s1. The van der Waals surface area contributed by atoms with E-state index in [0.29, 0.717) is 34.5 Å². The summed E-state index contributed by atoms with van der Waals surface area (Å²) in [7, 11) is -3.40. The Morgan fingerprint density at radius 1 is 1.39 bits per heavy atom. The third-order valence-electron chi connectivity index (χ3n) is 3.46. The molecule has 0 bridgehead atoms. The van der Waals surface area contributed by atoms with Crippen LogP contribution < -0.4 is 0 Å². The second kappa shape index (κ2) is 5.19. The fraction of sp³-hybridized carbons (Fsp3) is 0.538. The van der Waals surface area contributed by atoms with E-state index < -0.39 is 10.0 Å². The van der Waals surface area contributed by atoms with E-state index in [4.69, 9.17) is 11.6 Å². The molecule has 1 atom stereocenters. The van der Waals surface area contributed by atoms with E-state index in [1.165, 1.54) is 0 Å². The molecular weight excluding hydrogens is 270 g/mol. The summed E-state index contributed by atoms with van der Waals surface area (Å²) in [6, 6.07) is 5.04. The SMILES string of the molecule is Cc1c(Cl)cccc1S(=O)(=O)N1CCC[C@H](C)C1. The zero-order valence-corrected chi connectivity index (χ0v) is 12.3. The maximum Gasteiger partial charge on any atom is 0.243 e. The Bertz CT molecular complexity index is 542. The number of halogens is 1. The van der Waals surface area contributed by atoms with Crippen molar-refractivity contribution >= 4 is 21.6 Å². The molecule has 1 heterocycles. The average molecular weight is 288 g/mol. The fourth-order valence-electron chi connectivity index (χ4n) is 2.37. The number of sulfonamides is 1. The van der Waals surface area contributed by atoms with Gasteiger partial charge in [-0.1, -0.05) is 24.6 Å². The third kappa shape index (κ3) is 2.56. The van der Waals surface area contributed by atoms with Crippen molar-refractivity contribution in [3.8, 4) is 0 Å². The zero-order chi connectivity index (χ0) is 13.3. The van der Waals surface area contributed by atoms with Crippen molar-refractivity contribution in [1.29, 1.82) is 0 Å². The Morgan fingerprint density at radius 3 is 2.78 bits per heavy atom. The summed E-state index contributed by atoms with van der Waals surface area (Å²) in [5, 5.41) is 0.501. The van der Waals surface area contributed by atoms with Crippen LogP contribution >= 0.6 is 11.6 Å². The van der Waals surface area contributed by atoms with Gasteiger partial charge in [-0.05, 0) is 43.4 Å². The predicted octanol–water partition coefficient (Wildman–Crippen LogP) is 3.07. The van der Waals surface area contributed by atoms with Crippen LogP contribution in [-0.4, -0.2) is 25.8 Å². The zero-order valence-electron chi connectivity index (χ0n) is 10.7. The molecule has 100 valence electrons. The summed E-state index contributed by atoms with van der Waals surface area (Å²) in [4.78, 5) is 0.337. The van der Waals surface area contributed by atoms with Crippen LogP contribution in [0.2, 0.25) is 5.02 Å². The van der Waals surface area contributed by atoms with E-state index in [1.54, 1.807) is 29.4 Å². The molecule has 1 aliphatic rings. The molecule has 0 saturated carbocycles. The normalized spacial score (nSPS) is 22.1. The molecule has 0 spiro atoms. The van der Waals surface area contributed by atoms with E-state index in [2.05, 4.69) is 6.92 Å². The van der Waals surface area contributed by atoms with Gasteiger partial charge in [0.1, 0.15) is 0 Å². The molecule has 0 radical (unpaired) electrons. The number of piperidine rings is 1. The number of rotatable bonds is 2. The molecule has 1 aromatic carbocycles. The Hall–Kier alpha value is -0.580. The smallest absolute Gasteiger partial charge is 0.207 e. The van der Waals surface area contributed by atoms with Gasteiger partial charge in [0, 0.05) is 18.1 Å². The van der Waals surface area contributed by atoms with Gasteiger partial charge in [-0.2, -0.15) is 4.31 Å². The van der Waals surface area contributed by atoms with Crippen LogP contribution in [0.1, 0.15) is 25.3 Å². The number of hydrogen-bond acceptors (Lipinski definition) is 2. The summed E-state index contributed by atoms with van der Waals surface area (Å²) in [5.74, 6) is 0.424. The molecule has 1 aromatic rings. The quantitative estimate of drug-likeness (QED) is 0.838. The Balaban J connectivity index is 2.39. The first-order valence-corrected chi connectivity index (χ1v) is 8.00. The molecule has 2 rings (SSSR count). The van der Waals surface area contributed by atoms with Gasteiger partial charge in [-0.15, -0.1) is 0 Å². The maximum absolute atomic E-state index is 12.6. The molecule has 18 heavy (non-hydrogen) atoms. The van der Waals surface area contributed by atoms with Crippen LogP contribution in [0.25, 0.3) is 0 Å². The van der Waals surface area contributed by atoms with Crippen LogP contribution in [-0.2, 0) is 10.0 Å². The van der Waals surface area contributed by atoms with Gasteiger partial charge in [-0.25, -0.2) is 8.42 Å². The lowest BCUT2D eigenvalue weighted by atomic mass is 10.0. The van der Waals surface area contributed by atoms with Gasteiger partial charge in [0.2, 0.25) is 10.0 Å². The Labute approximate surface area is 114 Å². The van der Waals surface area contributed by atoms with Crippen molar-refractivity contribution < 1.29 is 8.42 Å². The predicted molar refractivity (Wildman–Crippen MR) is 73.3 cm³/mol. The van der Waals surface area contributed by atoms with Gasteiger partial charge in [0.15, 0.2) is 0 Å². The van der Waals surface area contributed by atoms with E-state index in [1.807, 2.05) is 0 Å². The van der Waals surface area contributed by atoms with Crippen LogP contribution in [0.3, 0.4) is 0 Å². The molecule has 0 amide bonds. The van der Waals surface area contributed by atoms with Gasteiger partial charge in [0.05, 0.1) is 4.90 Å². The maximum atomic E-state index is 12.6. The van der Waals surface area contributed by atoms with Gasteiger partial charge in [0.25, 0.3) is 0 Å². The fourth-order valence-corrected chi connectivity index (χ4v) is 4.45. The minimum Gasteiger partial charge on any atom is -0.207 e. The minimum atomic E-state index is -3.40. The first-order valence-electron chi connectivity index (χ1n) is 6.18. The minimum absolute atomic E-state index is 0.337. The number of benzene rings is 1. The molecule has 3 nitrogen and oxygen atoms in total. The van der Waals surface area contributed by atoms with Crippen molar-refractivity contribution in [3.63, 3.8) is 0 Å². The highest BCUT2D eigenvalue weighted by Gasteiger charge is 2.29. The highest BCUT2D eigenvalue weighted by Crippen LogP contribution is 2.28. The highest BCUT2D eigenvalue weighted by molar-refractivity contribution is 7.89. The molecule has 1 aliphatic heterocycles. The van der Waals surface area contributed by atoms with Crippen LogP contribution in [0.4, 0.5) is 0 Å². The Kier molecular flexibility index (Phi) is 3.99. The lowest BCUT2D eigenvalue weighted by Gasteiger charge is -2.30. The van der Waals surface area contributed by atoms with Crippen molar-refractivity contribution in [2.24, 2.45) is 5.92 Å². The number of hydrogen-bond donors (Lipinski definition) is 0. The lowest BCUT2D eigenvalue weighted by molar-refractivity contribution is 0.281. The summed E-state index contributed by atoms with van der Waals surface area (Å²) >= 11 is 6.00. The van der Waals surface area contributed by atoms with Crippen molar-refractivity contribution in [1.82, 2.24) is 4.31 Å². The molecule has 1 fully saturated rings. The molecular formula is C13H18ClNO2S.